The summed E-state index contributed by atoms with van der Waals surface area (Å²) >= 11 is 0. The minimum Gasteiger partial charge on any atom is -0.351 e. The maximum atomic E-state index is 11.7. The molecule has 0 atom stereocenters. The number of amides is 1. The summed E-state index contributed by atoms with van der Waals surface area (Å²) in [7, 11) is 0. The molecule has 68 valence electrons. The predicted molar refractivity (Wildman–Crippen MR) is 47.7 cm³/mol. The SMILES string of the molecule is CC(C)(C)NC(=O)C12CC(C1)C2. The Bertz CT molecular complexity index is 209. The Morgan fingerprint density at radius 2 is 1.83 bits per heavy atom. The van der Waals surface area contributed by atoms with E-state index in [-0.39, 0.29) is 16.9 Å². The summed E-state index contributed by atoms with van der Waals surface area (Å²) in [6, 6.07) is 0. The fraction of sp³-hybridized carbons (Fsp3) is 0.900. The molecule has 3 rings (SSSR count). The van der Waals surface area contributed by atoms with E-state index in [0.29, 0.717) is 0 Å². The van der Waals surface area contributed by atoms with Gasteiger partial charge in [0.2, 0.25) is 5.91 Å². The lowest BCUT2D eigenvalue weighted by Gasteiger charge is -2.60. The lowest BCUT2D eigenvalue weighted by Crippen LogP contribution is -2.62. The first kappa shape index (κ1) is 8.09. The molecule has 1 amide bonds. The number of hydrogen-bond donors (Lipinski definition) is 1. The van der Waals surface area contributed by atoms with Crippen molar-refractivity contribution in [1.29, 1.82) is 0 Å². The Balaban J connectivity index is 1.93. The van der Waals surface area contributed by atoms with E-state index < -0.39 is 0 Å². The van der Waals surface area contributed by atoms with Crippen molar-refractivity contribution < 1.29 is 4.79 Å². The lowest BCUT2D eigenvalue weighted by molar-refractivity contribution is -0.166. The van der Waals surface area contributed by atoms with E-state index in [1.54, 1.807) is 0 Å². The van der Waals surface area contributed by atoms with Gasteiger partial charge in [0.1, 0.15) is 0 Å². The zero-order valence-electron chi connectivity index (χ0n) is 8.11. The Morgan fingerprint density at radius 3 is 2.08 bits per heavy atom. The summed E-state index contributed by atoms with van der Waals surface area (Å²) in [4.78, 5) is 11.7. The van der Waals surface area contributed by atoms with Crippen LogP contribution in [-0.4, -0.2) is 11.4 Å². The van der Waals surface area contributed by atoms with Crippen LogP contribution < -0.4 is 5.32 Å². The van der Waals surface area contributed by atoms with Gasteiger partial charge >= 0.3 is 0 Å². The van der Waals surface area contributed by atoms with E-state index in [1.807, 2.05) is 20.8 Å². The van der Waals surface area contributed by atoms with Crippen molar-refractivity contribution in [2.75, 3.05) is 0 Å². The summed E-state index contributed by atoms with van der Waals surface area (Å²) in [5.41, 5.74) is 0.0183. The number of hydrogen-bond acceptors (Lipinski definition) is 1. The van der Waals surface area contributed by atoms with Crippen molar-refractivity contribution in [3.8, 4) is 0 Å². The zero-order valence-corrected chi connectivity index (χ0v) is 8.11. The van der Waals surface area contributed by atoms with Crippen LogP contribution in [-0.2, 0) is 4.79 Å². The van der Waals surface area contributed by atoms with Crippen LogP contribution in [0.15, 0.2) is 0 Å². The molecule has 0 saturated heterocycles. The molecule has 0 heterocycles. The van der Waals surface area contributed by atoms with E-state index in [4.69, 9.17) is 0 Å². The average molecular weight is 167 g/mol. The summed E-state index contributed by atoms with van der Waals surface area (Å²) in [6.07, 6.45) is 3.44. The largest absolute Gasteiger partial charge is 0.351 e. The molecule has 2 bridgehead atoms. The second-order valence-corrected chi connectivity index (χ2v) is 5.46. The molecule has 3 saturated carbocycles. The molecule has 0 aliphatic heterocycles. The highest BCUT2D eigenvalue weighted by molar-refractivity contribution is 5.86. The molecule has 0 aromatic carbocycles. The third-order valence-corrected chi connectivity index (χ3v) is 3.01. The third kappa shape index (κ3) is 1.05. The summed E-state index contributed by atoms with van der Waals surface area (Å²) in [6.45, 7) is 6.11. The highest BCUT2D eigenvalue weighted by Crippen LogP contribution is 2.64. The lowest BCUT2D eigenvalue weighted by atomic mass is 9.44. The van der Waals surface area contributed by atoms with Crippen LogP contribution in [0.4, 0.5) is 0 Å². The van der Waals surface area contributed by atoms with Gasteiger partial charge in [0.05, 0.1) is 0 Å². The molecule has 0 aromatic heterocycles. The molecule has 2 heteroatoms. The minimum atomic E-state index is -0.0630. The minimum absolute atomic E-state index is 0.0630. The molecule has 3 aliphatic carbocycles. The Hall–Kier alpha value is -0.530. The molecule has 12 heavy (non-hydrogen) atoms. The van der Waals surface area contributed by atoms with Gasteiger partial charge in [-0.15, -0.1) is 0 Å². The Labute approximate surface area is 73.7 Å². The van der Waals surface area contributed by atoms with E-state index in [1.165, 1.54) is 0 Å². The molecule has 3 aliphatic rings. The van der Waals surface area contributed by atoms with Crippen LogP contribution in [0.5, 0.6) is 0 Å². The fourth-order valence-electron chi connectivity index (χ4n) is 2.23. The molecular formula is C10H17NO. The molecular weight excluding hydrogens is 150 g/mol. The molecule has 1 N–H and O–H groups in total. The Kier molecular flexibility index (Phi) is 1.37. The second kappa shape index (κ2) is 2.04. The third-order valence-electron chi connectivity index (χ3n) is 3.01. The van der Waals surface area contributed by atoms with E-state index in [2.05, 4.69) is 5.32 Å². The number of carbonyl (C=O) groups excluding carboxylic acids is 1. The smallest absolute Gasteiger partial charge is 0.226 e. The normalized spacial score (nSPS) is 38.1. The van der Waals surface area contributed by atoms with E-state index in [9.17, 15) is 4.79 Å². The van der Waals surface area contributed by atoms with Crippen molar-refractivity contribution in [3.63, 3.8) is 0 Å². The first-order valence-corrected chi connectivity index (χ1v) is 4.74. The molecule has 0 radical (unpaired) electrons. The summed E-state index contributed by atoms with van der Waals surface area (Å²) in [5.74, 6) is 1.17. The van der Waals surface area contributed by atoms with Gasteiger partial charge < -0.3 is 5.32 Å². The van der Waals surface area contributed by atoms with Gasteiger partial charge in [-0.1, -0.05) is 0 Å². The Morgan fingerprint density at radius 1 is 1.33 bits per heavy atom. The zero-order chi connectivity index (χ0) is 8.98. The summed E-state index contributed by atoms with van der Waals surface area (Å²) in [5, 5.41) is 3.06. The van der Waals surface area contributed by atoms with Gasteiger partial charge in [-0.2, -0.15) is 0 Å². The van der Waals surface area contributed by atoms with Crippen LogP contribution in [0.25, 0.3) is 0 Å². The van der Waals surface area contributed by atoms with Gasteiger partial charge in [-0.25, -0.2) is 0 Å². The molecule has 2 nitrogen and oxygen atoms in total. The van der Waals surface area contributed by atoms with Gasteiger partial charge in [-0.05, 0) is 46.0 Å². The van der Waals surface area contributed by atoms with Crippen molar-refractivity contribution in [2.45, 2.75) is 45.6 Å². The van der Waals surface area contributed by atoms with Gasteiger partial charge in [0, 0.05) is 11.0 Å². The van der Waals surface area contributed by atoms with Crippen LogP contribution in [0, 0.1) is 11.3 Å². The van der Waals surface area contributed by atoms with E-state index >= 15 is 0 Å². The van der Waals surface area contributed by atoms with Gasteiger partial charge in [-0.3, -0.25) is 4.79 Å². The topological polar surface area (TPSA) is 29.1 Å². The van der Waals surface area contributed by atoms with Crippen molar-refractivity contribution in [1.82, 2.24) is 5.32 Å². The predicted octanol–water partition coefficient (Wildman–Crippen LogP) is 1.70. The van der Waals surface area contributed by atoms with Crippen LogP contribution in [0.3, 0.4) is 0 Å². The van der Waals surface area contributed by atoms with Crippen molar-refractivity contribution in [2.24, 2.45) is 11.3 Å². The van der Waals surface area contributed by atoms with Crippen molar-refractivity contribution >= 4 is 5.91 Å². The molecule has 3 fully saturated rings. The number of nitrogens with one attached hydrogen (secondary N) is 1. The van der Waals surface area contributed by atoms with Crippen LogP contribution >= 0.6 is 0 Å². The monoisotopic (exact) mass is 167 g/mol. The summed E-state index contributed by atoms with van der Waals surface area (Å²) < 4.78 is 0. The maximum absolute atomic E-state index is 11.7. The number of carbonyl (C=O) groups is 1. The molecule has 0 aromatic rings. The highest BCUT2D eigenvalue weighted by atomic mass is 16.2. The fourth-order valence-corrected chi connectivity index (χ4v) is 2.23. The van der Waals surface area contributed by atoms with Gasteiger partial charge in [0.15, 0.2) is 0 Å². The average Bonchev–Trinajstić information content (AvgIpc) is 1.45. The first-order chi connectivity index (χ1) is 5.41. The number of rotatable bonds is 1. The molecule has 0 spiro atoms. The maximum Gasteiger partial charge on any atom is 0.226 e. The van der Waals surface area contributed by atoms with Gasteiger partial charge in [0.25, 0.3) is 0 Å². The van der Waals surface area contributed by atoms with Crippen molar-refractivity contribution in [3.05, 3.63) is 0 Å². The quantitative estimate of drug-likeness (QED) is 0.632. The van der Waals surface area contributed by atoms with Crippen LogP contribution in [0.1, 0.15) is 40.0 Å². The van der Waals surface area contributed by atoms with Crippen LogP contribution in [0.2, 0.25) is 0 Å². The first-order valence-electron chi connectivity index (χ1n) is 4.74. The molecule has 0 unspecified atom stereocenters. The second-order valence-electron chi connectivity index (χ2n) is 5.46. The van der Waals surface area contributed by atoms with E-state index in [0.717, 1.165) is 25.2 Å². The highest BCUT2D eigenvalue weighted by Gasteiger charge is 2.61. The standard InChI is InChI=1S/C10H17NO/c1-9(2,3)11-8(12)10-4-7(5-10)6-10/h7H,4-6H2,1-3H3,(H,11,12).